The van der Waals surface area contributed by atoms with Crippen LogP contribution in [0, 0.1) is 30.0 Å². The number of nitrogens with zero attached hydrogens (tertiary/aromatic N) is 5. The van der Waals surface area contributed by atoms with Gasteiger partial charge in [-0.05, 0) is 55.7 Å². The Morgan fingerprint density at radius 3 is 2.77 bits per heavy atom. The van der Waals surface area contributed by atoms with Gasteiger partial charge in [0, 0.05) is 61.9 Å². The van der Waals surface area contributed by atoms with Gasteiger partial charge < -0.3 is 30.3 Å². The summed E-state index contributed by atoms with van der Waals surface area (Å²) in [5, 5.41) is 18.5. The Balaban J connectivity index is 1.10. The lowest BCUT2D eigenvalue weighted by Gasteiger charge is -2.32. The van der Waals surface area contributed by atoms with Gasteiger partial charge in [-0.1, -0.05) is 11.6 Å². The zero-order valence-electron chi connectivity index (χ0n) is 25.8. The fourth-order valence-corrected chi connectivity index (χ4v) is 6.15. The summed E-state index contributed by atoms with van der Waals surface area (Å²) in [7, 11) is 0. The number of piperazine rings is 1. The van der Waals surface area contributed by atoms with Gasteiger partial charge in [0.05, 0.1) is 28.9 Å². The topological polar surface area (TPSA) is 146 Å². The molecule has 4 heterocycles. The molecule has 4 aromatic rings. The number of hydrogen-bond acceptors (Lipinski definition) is 10. The van der Waals surface area contributed by atoms with Crippen LogP contribution in [0.25, 0.3) is 16.9 Å². The Morgan fingerprint density at radius 2 is 2.02 bits per heavy atom. The molecule has 2 aromatic heterocycles. The normalized spacial score (nSPS) is 16.9. The van der Waals surface area contributed by atoms with E-state index in [1.165, 1.54) is 6.07 Å². The van der Waals surface area contributed by atoms with Crippen molar-refractivity contribution in [3.05, 3.63) is 70.9 Å². The summed E-state index contributed by atoms with van der Waals surface area (Å²) >= 11 is 6.35. The summed E-state index contributed by atoms with van der Waals surface area (Å²) in [6.45, 7) is 5.44. The number of carbonyl (C=O) groups is 2. The van der Waals surface area contributed by atoms with Gasteiger partial charge in [-0.15, -0.1) is 0 Å². The number of fused-ring (bicyclic) bond motifs is 1. The maximum absolute atomic E-state index is 14.9. The lowest BCUT2D eigenvalue weighted by molar-refractivity contribution is -0.150. The van der Waals surface area contributed by atoms with E-state index in [0.717, 1.165) is 25.2 Å². The van der Waals surface area contributed by atoms with Crippen molar-refractivity contribution in [3.8, 4) is 23.1 Å². The third-order valence-corrected chi connectivity index (χ3v) is 8.80. The number of nitrogens with one attached hydrogen (secondary N) is 3. The average molecular weight is 661 g/mol. The van der Waals surface area contributed by atoms with Crippen molar-refractivity contribution in [3.63, 3.8) is 0 Å². The molecule has 1 amide bonds. The van der Waals surface area contributed by atoms with Crippen molar-refractivity contribution in [2.24, 2.45) is 5.92 Å². The van der Waals surface area contributed by atoms with Crippen LogP contribution >= 0.6 is 11.6 Å². The Bertz CT molecular complexity index is 1830. The van der Waals surface area contributed by atoms with Crippen molar-refractivity contribution in [1.29, 1.82) is 5.26 Å². The SMILES string of the molecule is Cc1cc(Nc2nccn3c(-c4ccc(OCC#N)c(F)c4Cl)cnc23)ccc1C(=O)N1CCC(C(=O)OC[C@H]2CNCCN2)CC1. The van der Waals surface area contributed by atoms with E-state index < -0.39 is 5.82 Å². The van der Waals surface area contributed by atoms with E-state index in [-0.39, 0.29) is 41.2 Å². The first-order chi connectivity index (χ1) is 22.8. The van der Waals surface area contributed by atoms with Crippen LogP contribution < -0.4 is 20.7 Å². The van der Waals surface area contributed by atoms with Gasteiger partial charge in [0.2, 0.25) is 0 Å². The van der Waals surface area contributed by atoms with Crippen molar-refractivity contribution in [2.45, 2.75) is 25.8 Å². The second kappa shape index (κ2) is 14.3. The summed E-state index contributed by atoms with van der Waals surface area (Å²) in [5.74, 6) is -0.907. The number of rotatable bonds is 9. The number of hydrogen-bond donors (Lipinski definition) is 3. The number of ether oxygens (including phenoxy) is 2. The molecule has 0 bridgehead atoms. The molecule has 0 spiro atoms. The van der Waals surface area contributed by atoms with E-state index in [1.807, 2.05) is 13.0 Å². The van der Waals surface area contributed by atoms with Crippen LogP contribution in [0.4, 0.5) is 15.9 Å². The van der Waals surface area contributed by atoms with E-state index in [4.69, 9.17) is 26.3 Å². The molecular weight excluding hydrogens is 627 g/mol. The van der Waals surface area contributed by atoms with Gasteiger partial charge in [0.15, 0.2) is 29.6 Å². The molecule has 2 aliphatic rings. The zero-order valence-corrected chi connectivity index (χ0v) is 26.5. The van der Waals surface area contributed by atoms with Crippen LogP contribution in [0.3, 0.4) is 0 Å². The first kappa shape index (κ1) is 32.2. The maximum Gasteiger partial charge on any atom is 0.309 e. The second-order valence-corrected chi connectivity index (χ2v) is 11.9. The van der Waals surface area contributed by atoms with E-state index in [9.17, 15) is 14.0 Å². The summed E-state index contributed by atoms with van der Waals surface area (Å²) in [6.07, 6.45) is 5.99. The molecule has 0 radical (unpaired) electrons. The number of nitriles is 1. The van der Waals surface area contributed by atoms with Crippen molar-refractivity contribution in [2.75, 3.05) is 51.3 Å². The van der Waals surface area contributed by atoms with Gasteiger partial charge in [0.1, 0.15) is 12.7 Å². The molecule has 244 valence electrons. The van der Waals surface area contributed by atoms with Crippen molar-refractivity contribution < 1.29 is 23.5 Å². The highest BCUT2D eigenvalue weighted by Gasteiger charge is 2.30. The number of esters is 1. The zero-order chi connectivity index (χ0) is 32.9. The number of aromatic nitrogens is 3. The number of anilines is 2. The summed E-state index contributed by atoms with van der Waals surface area (Å²) in [4.78, 5) is 36.8. The van der Waals surface area contributed by atoms with Gasteiger partial charge in [-0.25, -0.2) is 14.4 Å². The molecule has 2 aliphatic heterocycles. The third kappa shape index (κ3) is 7.00. The number of carbonyl (C=O) groups excluding carboxylic acids is 2. The highest BCUT2D eigenvalue weighted by Crippen LogP contribution is 2.36. The third-order valence-electron chi connectivity index (χ3n) is 8.43. The smallest absolute Gasteiger partial charge is 0.309 e. The summed E-state index contributed by atoms with van der Waals surface area (Å²) in [6, 6.07) is 10.4. The molecule has 47 heavy (non-hydrogen) atoms. The summed E-state index contributed by atoms with van der Waals surface area (Å²) in [5.41, 5.74) is 3.49. The minimum absolute atomic E-state index is 0.0791. The number of halogens is 2. The quantitative estimate of drug-likeness (QED) is 0.224. The highest BCUT2D eigenvalue weighted by molar-refractivity contribution is 6.33. The van der Waals surface area contributed by atoms with Crippen molar-refractivity contribution in [1.82, 2.24) is 29.9 Å². The molecule has 2 fully saturated rings. The standard InChI is InChI=1S/C33H34ClFN8O4/c1-20-16-22(2-3-24(20)32(44)42-12-6-21(7-13-42)33(45)47-19-23-17-37-9-10-38-23)41-30-31-40-18-26(43(31)14-11-39-30)25-4-5-27(46-15-8-36)29(35)28(25)34/h2-5,11,14,16,18,21,23,37-38H,6-7,9-10,12-13,15,17,19H2,1H3,(H,39,41)/t23-/m1/s1. The minimum atomic E-state index is -0.764. The Morgan fingerprint density at radius 1 is 1.19 bits per heavy atom. The van der Waals surface area contributed by atoms with Gasteiger partial charge in [0.25, 0.3) is 5.91 Å². The van der Waals surface area contributed by atoms with Gasteiger partial charge in [-0.2, -0.15) is 5.26 Å². The molecule has 3 N–H and O–H groups in total. The highest BCUT2D eigenvalue weighted by atomic mass is 35.5. The molecule has 0 aliphatic carbocycles. The largest absolute Gasteiger partial charge is 0.476 e. The van der Waals surface area contributed by atoms with Gasteiger partial charge >= 0.3 is 5.97 Å². The van der Waals surface area contributed by atoms with E-state index in [0.29, 0.717) is 66.5 Å². The number of amides is 1. The lowest BCUT2D eigenvalue weighted by Crippen LogP contribution is -2.51. The Labute approximate surface area is 275 Å². The Hall–Kier alpha value is -4.77. The molecule has 0 saturated carbocycles. The Kier molecular flexibility index (Phi) is 9.81. The number of aryl methyl sites for hydroxylation is 1. The molecule has 12 nitrogen and oxygen atoms in total. The molecule has 2 aromatic carbocycles. The minimum Gasteiger partial charge on any atom is -0.476 e. The van der Waals surface area contributed by atoms with Gasteiger partial charge in [-0.3, -0.25) is 14.0 Å². The number of likely N-dealkylation sites (tertiary alicyclic amines) is 1. The van der Waals surface area contributed by atoms with Crippen LogP contribution in [0.2, 0.25) is 5.02 Å². The average Bonchev–Trinajstić information content (AvgIpc) is 3.53. The number of imidazole rings is 1. The second-order valence-electron chi connectivity index (χ2n) is 11.5. The first-order valence-corrected chi connectivity index (χ1v) is 15.8. The van der Waals surface area contributed by atoms with Crippen molar-refractivity contribution >= 4 is 40.6 Å². The van der Waals surface area contributed by atoms with Crippen LogP contribution in [-0.4, -0.2) is 83.1 Å². The van der Waals surface area contributed by atoms with Crippen LogP contribution in [0.15, 0.2) is 48.9 Å². The molecule has 0 unspecified atom stereocenters. The monoisotopic (exact) mass is 660 g/mol. The van der Waals surface area contributed by atoms with Crippen LogP contribution in [-0.2, 0) is 9.53 Å². The maximum atomic E-state index is 14.9. The molecular formula is C33H34ClFN8O4. The lowest BCUT2D eigenvalue weighted by atomic mass is 9.96. The number of benzene rings is 2. The molecule has 14 heteroatoms. The summed E-state index contributed by atoms with van der Waals surface area (Å²) < 4.78 is 27.3. The predicted octanol–water partition coefficient (Wildman–Crippen LogP) is 4.10. The molecule has 6 rings (SSSR count). The van der Waals surface area contributed by atoms with Crippen LogP contribution in [0.1, 0.15) is 28.8 Å². The number of piperidine rings is 1. The predicted molar refractivity (Wildman–Crippen MR) is 173 cm³/mol. The fraction of sp³-hybridized carbons (Fsp3) is 0.364. The molecule has 2 saturated heterocycles. The van der Waals surface area contributed by atoms with E-state index in [2.05, 4.69) is 25.9 Å². The van der Waals surface area contributed by atoms with E-state index in [1.54, 1.807) is 52.2 Å². The first-order valence-electron chi connectivity index (χ1n) is 15.4. The van der Waals surface area contributed by atoms with E-state index >= 15 is 0 Å². The van der Waals surface area contributed by atoms with Crippen LogP contribution in [0.5, 0.6) is 5.75 Å². The fourth-order valence-electron chi connectivity index (χ4n) is 5.90. The molecule has 1 atom stereocenters.